The van der Waals surface area contributed by atoms with E-state index in [0.29, 0.717) is 11.1 Å². The third-order valence-corrected chi connectivity index (χ3v) is 3.18. The SMILES string of the molecule is CSc1ccc(C(=O)c2cccc(F)c2)cc1. The molecule has 0 aromatic heterocycles. The Hall–Kier alpha value is -1.61. The lowest BCUT2D eigenvalue weighted by atomic mass is 10.0. The molecular weight excluding hydrogens is 235 g/mol. The number of carbonyl (C=O) groups excluding carboxylic acids is 1. The molecule has 0 spiro atoms. The zero-order valence-corrected chi connectivity index (χ0v) is 10.1. The van der Waals surface area contributed by atoms with E-state index in [-0.39, 0.29) is 5.78 Å². The topological polar surface area (TPSA) is 17.1 Å². The van der Waals surface area contributed by atoms with E-state index < -0.39 is 5.82 Å². The van der Waals surface area contributed by atoms with Crippen LogP contribution in [0, 0.1) is 5.82 Å². The lowest BCUT2D eigenvalue weighted by molar-refractivity contribution is 0.103. The van der Waals surface area contributed by atoms with Crippen molar-refractivity contribution in [1.29, 1.82) is 0 Å². The summed E-state index contributed by atoms with van der Waals surface area (Å²) in [5.74, 6) is -0.547. The summed E-state index contributed by atoms with van der Waals surface area (Å²) in [7, 11) is 0. The fourth-order valence-corrected chi connectivity index (χ4v) is 1.95. The number of hydrogen-bond acceptors (Lipinski definition) is 2. The molecule has 2 rings (SSSR count). The van der Waals surface area contributed by atoms with Crippen LogP contribution in [0.5, 0.6) is 0 Å². The van der Waals surface area contributed by atoms with Gasteiger partial charge >= 0.3 is 0 Å². The molecule has 0 amide bonds. The molecule has 0 bridgehead atoms. The number of rotatable bonds is 3. The summed E-state index contributed by atoms with van der Waals surface area (Å²) in [5.41, 5.74) is 0.954. The number of ketones is 1. The van der Waals surface area contributed by atoms with E-state index in [1.807, 2.05) is 18.4 Å². The molecular formula is C14H11FOS. The molecule has 0 unspecified atom stereocenters. The van der Waals surface area contributed by atoms with Crippen molar-refractivity contribution in [1.82, 2.24) is 0 Å². The van der Waals surface area contributed by atoms with Gasteiger partial charge in [-0.15, -0.1) is 11.8 Å². The lowest BCUT2D eigenvalue weighted by Gasteiger charge is -2.02. The van der Waals surface area contributed by atoms with Crippen molar-refractivity contribution in [2.24, 2.45) is 0 Å². The van der Waals surface area contributed by atoms with Crippen LogP contribution in [0.4, 0.5) is 4.39 Å². The second-order valence-electron chi connectivity index (χ2n) is 3.57. The van der Waals surface area contributed by atoms with Gasteiger partial charge in [0.05, 0.1) is 0 Å². The van der Waals surface area contributed by atoms with Crippen LogP contribution in [0.2, 0.25) is 0 Å². The van der Waals surface area contributed by atoms with Crippen LogP contribution in [0.25, 0.3) is 0 Å². The first-order chi connectivity index (χ1) is 8.20. The summed E-state index contributed by atoms with van der Waals surface area (Å²) in [6.07, 6.45) is 1.98. The van der Waals surface area contributed by atoms with Gasteiger partial charge in [-0.3, -0.25) is 4.79 Å². The van der Waals surface area contributed by atoms with Gasteiger partial charge in [0.15, 0.2) is 5.78 Å². The zero-order valence-electron chi connectivity index (χ0n) is 9.31. The number of hydrogen-bond donors (Lipinski definition) is 0. The second kappa shape index (κ2) is 5.15. The number of carbonyl (C=O) groups is 1. The Bertz CT molecular complexity index is 534. The molecule has 0 radical (unpaired) electrons. The molecule has 86 valence electrons. The predicted molar refractivity (Wildman–Crippen MR) is 68.1 cm³/mol. The molecule has 0 heterocycles. The zero-order chi connectivity index (χ0) is 12.3. The Morgan fingerprint density at radius 2 is 1.76 bits per heavy atom. The molecule has 3 heteroatoms. The van der Waals surface area contributed by atoms with Gasteiger partial charge in [0, 0.05) is 16.0 Å². The summed E-state index contributed by atoms with van der Waals surface area (Å²) >= 11 is 1.62. The smallest absolute Gasteiger partial charge is 0.193 e. The Balaban J connectivity index is 2.30. The van der Waals surface area contributed by atoms with Crippen LogP contribution in [-0.2, 0) is 0 Å². The first-order valence-corrected chi connectivity index (χ1v) is 6.37. The summed E-state index contributed by atoms with van der Waals surface area (Å²) in [5, 5.41) is 0. The highest BCUT2D eigenvalue weighted by molar-refractivity contribution is 7.98. The van der Waals surface area contributed by atoms with Gasteiger partial charge in [-0.05, 0) is 42.7 Å². The van der Waals surface area contributed by atoms with Crippen LogP contribution in [0.3, 0.4) is 0 Å². The monoisotopic (exact) mass is 246 g/mol. The fraction of sp³-hybridized carbons (Fsp3) is 0.0714. The van der Waals surface area contributed by atoms with Gasteiger partial charge in [-0.25, -0.2) is 4.39 Å². The van der Waals surface area contributed by atoms with Gasteiger partial charge in [0.1, 0.15) is 5.82 Å². The highest BCUT2D eigenvalue weighted by Gasteiger charge is 2.09. The third kappa shape index (κ3) is 2.74. The Morgan fingerprint density at radius 1 is 1.06 bits per heavy atom. The molecule has 1 nitrogen and oxygen atoms in total. The lowest BCUT2D eigenvalue weighted by Crippen LogP contribution is -2.01. The van der Waals surface area contributed by atoms with E-state index in [9.17, 15) is 9.18 Å². The number of halogens is 1. The summed E-state index contributed by atoms with van der Waals surface area (Å²) in [6, 6.07) is 13.0. The minimum Gasteiger partial charge on any atom is -0.289 e. The molecule has 2 aromatic carbocycles. The molecule has 0 saturated heterocycles. The second-order valence-corrected chi connectivity index (χ2v) is 4.45. The van der Waals surface area contributed by atoms with Crippen LogP contribution in [0.1, 0.15) is 15.9 Å². The molecule has 17 heavy (non-hydrogen) atoms. The standard InChI is InChI=1S/C14H11FOS/c1-17-13-7-5-10(6-8-13)14(16)11-3-2-4-12(15)9-11/h2-9H,1H3. The van der Waals surface area contributed by atoms with Crippen LogP contribution in [-0.4, -0.2) is 12.0 Å². The Kier molecular flexibility index (Phi) is 3.59. The van der Waals surface area contributed by atoms with Gasteiger partial charge in [0.25, 0.3) is 0 Å². The van der Waals surface area contributed by atoms with Gasteiger partial charge in [-0.2, -0.15) is 0 Å². The molecule has 0 fully saturated rings. The van der Waals surface area contributed by atoms with E-state index in [0.717, 1.165) is 4.90 Å². The largest absolute Gasteiger partial charge is 0.289 e. The van der Waals surface area contributed by atoms with E-state index in [2.05, 4.69) is 0 Å². The number of thioether (sulfide) groups is 1. The molecule has 2 aromatic rings. The summed E-state index contributed by atoms with van der Waals surface area (Å²) in [6.45, 7) is 0. The van der Waals surface area contributed by atoms with Crippen LogP contribution in [0.15, 0.2) is 53.4 Å². The van der Waals surface area contributed by atoms with Crippen molar-refractivity contribution in [3.8, 4) is 0 Å². The molecule has 0 aliphatic rings. The maximum absolute atomic E-state index is 13.0. The minimum absolute atomic E-state index is 0.155. The Morgan fingerprint density at radius 3 is 2.35 bits per heavy atom. The fourth-order valence-electron chi connectivity index (χ4n) is 1.54. The summed E-state index contributed by atoms with van der Waals surface area (Å²) < 4.78 is 13.0. The molecule has 0 N–H and O–H groups in total. The van der Waals surface area contributed by atoms with Gasteiger partial charge in [0.2, 0.25) is 0 Å². The molecule has 0 aliphatic carbocycles. The van der Waals surface area contributed by atoms with Crippen molar-refractivity contribution in [2.75, 3.05) is 6.26 Å². The average molecular weight is 246 g/mol. The van der Waals surface area contributed by atoms with Crippen molar-refractivity contribution in [3.05, 3.63) is 65.5 Å². The first kappa shape index (κ1) is 11.9. The van der Waals surface area contributed by atoms with Crippen LogP contribution >= 0.6 is 11.8 Å². The molecule has 0 atom stereocenters. The van der Waals surface area contributed by atoms with Crippen molar-refractivity contribution < 1.29 is 9.18 Å². The van der Waals surface area contributed by atoms with Gasteiger partial charge < -0.3 is 0 Å². The highest BCUT2D eigenvalue weighted by Crippen LogP contribution is 2.17. The quantitative estimate of drug-likeness (QED) is 0.605. The normalized spacial score (nSPS) is 10.2. The van der Waals surface area contributed by atoms with E-state index in [4.69, 9.17) is 0 Å². The van der Waals surface area contributed by atoms with Crippen LogP contribution < -0.4 is 0 Å². The Labute approximate surface area is 104 Å². The third-order valence-electron chi connectivity index (χ3n) is 2.44. The average Bonchev–Trinajstić information content (AvgIpc) is 2.38. The van der Waals surface area contributed by atoms with E-state index in [1.54, 1.807) is 36.0 Å². The molecule has 0 aliphatic heterocycles. The van der Waals surface area contributed by atoms with Crippen molar-refractivity contribution in [2.45, 2.75) is 4.90 Å². The first-order valence-electron chi connectivity index (χ1n) is 5.15. The maximum Gasteiger partial charge on any atom is 0.193 e. The van der Waals surface area contributed by atoms with Crippen molar-refractivity contribution in [3.63, 3.8) is 0 Å². The number of benzene rings is 2. The van der Waals surface area contributed by atoms with Gasteiger partial charge in [-0.1, -0.05) is 12.1 Å². The maximum atomic E-state index is 13.0. The van der Waals surface area contributed by atoms with Crippen molar-refractivity contribution >= 4 is 17.5 Å². The highest BCUT2D eigenvalue weighted by atomic mass is 32.2. The predicted octanol–water partition coefficient (Wildman–Crippen LogP) is 3.78. The minimum atomic E-state index is -0.392. The van der Waals surface area contributed by atoms with E-state index in [1.165, 1.54) is 12.1 Å². The molecule has 0 saturated carbocycles. The summed E-state index contributed by atoms with van der Waals surface area (Å²) in [4.78, 5) is 13.1. The van der Waals surface area contributed by atoms with E-state index >= 15 is 0 Å².